The summed E-state index contributed by atoms with van der Waals surface area (Å²) in [6.07, 6.45) is 1.69. The summed E-state index contributed by atoms with van der Waals surface area (Å²) in [6.45, 7) is 0.167. The lowest BCUT2D eigenvalue weighted by molar-refractivity contribution is 0.102. The summed E-state index contributed by atoms with van der Waals surface area (Å²) in [5, 5.41) is 13.7. The van der Waals surface area contributed by atoms with Crippen molar-refractivity contribution in [3.63, 3.8) is 0 Å². The second kappa shape index (κ2) is 7.95. The molecule has 2 aromatic carbocycles. The number of nitrogens with zero attached hydrogens (tertiary/aromatic N) is 1. The van der Waals surface area contributed by atoms with Crippen LogP contribution in [0.2, 0.25) is 0 Å². The van der Waals surface area contributed by atoms with E-state index in [0.717, 1.165) is 22.1 Å². The molecule has 1 heterocycles. The van der Waals surface area contributed by atoms with Crippen LogP contribution in [0.15, 0.2) is 60.8 Å². The number of aliphatic hydroxyl groups excluding tert-OH is 1. The van der Waals surface area contributed by atoms with Gasteiger partial charge >= 0.3 is 0 Å². The maximum absolute atomic E-state index is 12.6. The first-order chi connectivity index (χ1) is 11.8. The Kier molecular flexibility index (Phi) is 5.46. The lowest BCUT2D eigenvalue weighted by atomic mass is 10.0. The van der Waals surface area contributed by atoms with Crippen LogP contribution in [0.25, 0.3) is 10.8 Å². The van der Waals surface area contributed by atoms with Crippen molar-refractivity contribution in [1.29, 1.82) is 0 Å². The van der Waals surface area contributed by atoms with Crippen LogP contribution in [0.4, 0.5) is 5.82 Å². The first kappa shape index (κ1) is 16.5. The van der Waals surface area contributed by atoms with E-state index in [1.54, 1.807) is 18.0 Å². The van der Waals surface area contributed by atoms with Crippen LogP contribution in [-0.2, 0) is 5.75 Å². The minimum atomic E-state index is -0.167. The number of nitrogens with one attached hydrogen (secondary N) is 1. The van der Waals surface area contributed by atoms with Gasteiger partial charge in [-0.15, -0.1) is 0 Å². The summed E-state index contributed by atoms with van der Waals surface area (Å²) in [7, 11) is 0. The highest BCUT2D eigenvalue weighted by atomic mass is 32.2. The molecule has 122 valence electrons. The molecule has 0 aliphatic rings. The minimum Gasteiger partial charge on any atom is -0.396 e. The first-order valence-corrected chi connectivity index (χ1v) is 8.86. The standard InChI is InChI=1S/C19H18N2O2S/c22-10-11-24-13-14-8-9-20-18(12-14)21-19(23)17-7-3-5-15-4-1-2-6-16(15)17/h1-9,12,22H,10-11,13H2,(H,20,21,23). The molecule has 0 radical (unpaired) electrons. The molecule has 0 saturated heterocycles. The van der Waals surface area contributed by atoms with E-state index >= 15 is 0 Å². The number of thioether (sulfide) groups is 1. The van der Waals surface area contributed by atoms with Crippen LogP contribution in [-0.4, -0.2) is 28.4 Å². The van der Waals surface area contributed by atoms with Crippen LogP contribution in [0.1, 0.15) is 15.9 Å². The van der Waals surface area contributed by atoms with E-state index in [0.29, 0.717) is 17.1 Å². The van der Waals surface area contributed by atoms with Crippen molar-refractivity contribution in [1.82, 2.24) is 4.98 Å². The summed E-state index contributed by atoms with van der Waals surface area (Å²) in [4.78, 5) is 16.8. The SMILES string of the molecule is O=C(Nc1cc(CSCCO)ccn1)c1cccc2ccccc12. The molecule has 0 fully saturated rings. The molecular formula is C19H18N2O2S. The van der Waals surface area contributed by atoms with Gasteiger partial charge in [-0.1, -0.05) is 36.4 Å². The second-order valence-corrected chi connectivity index (χ2v) is 6.41. The number of hydrogen-bond acceptors (Lipinski definition) is 4. The maximum Gasteiger partial charge on any atom is 0.257 e. The topological polar surface area (TPSA) is 62.2 Å². The molecule has 0 unspecified atom stereocenters. The first-order valence-electron chi connectivity index (χ1n) is 7.70. The van der Waals surface area contributed by atoms with E-state index in [2.05, 4.69) is 10.3 Å². The Labute approximate surface area is 144 Å². The van der Waals surface area contributed by atoms with Gasteiger partial charge in [0.05, 0.1) is 6.61 Å². The maximum atomic E-state index is 12.6. The molecule has 0 saturated carbocycles. The number of hydrogen-bond donors (Lipinski definition) is 2. The van der Waals surface area contributed by atoms with Crippen LogP contribution in [0, 0.1) is 0 Å². The Bertz CT molecular complexity index is 846. The summed E-state index contributed by atoms with van der Waals surface area (Å²) >= 11 is 1.64. The number of carbonyl (C=O) groups excluding carboxylic acids is 1. The number of anilines is 1. The second-order valence-electron chi connectivity index (χ2n) is 5.31. The predicted octanol–water partition coefficient (Wildman–Crippen LogP) is 3.71. The van der Waals surface area contributed by atoms with Gasteiger partial charge in [0.15, 0.2) is 0 Å². The molecule has 0 spiro atoms. The molecule has 2 N–H and O–H groups in total. The molecule has 1 aromatic heterocycles. The number of pyridine rings is 1. The van der Waals surface area contributed by atoms with Gasteiger partial charge in [-0.2, -0.15) is 11.8 Å². The van der Waals surface area contributed by atoms with E-state index in [1.807, 2.05) is 54.6 Å². The molecule has 3 aromatic rings. The Hall–Kier alpha value is -2.37. The van der Waals surface area contributed by atoms with Gasteiger partial charge in [0, 0.05) is 23.3 Å². The van der Waals surface area contributed by atoms with Gasteiger partial charge in [-0.25, -0.2) is 4.98 Å². The number of aromatic nitrogens is 1. The number of fused-ring (bicyclic) bond motifs is 1. The number of amides is 1. The Balaban J connectivity index is 1.78. The molecule has 0 bridgehead atoms. The third-order valence-corrected chi connectivity index (χ3v) is 4.61. The molecule has 3 rings (SSSR count). The average molecular weight is 338 g/mol. The highest BCUT2D eigenvalue weighted by Crippen LogP contribution is 2.20. The zero-order chi connectivity index (χ0) is 16.8. The lowest BCUT2D eigenvalue weighted by Gasteiger charge is -2.09. The van der Waals surface area contributed by atoms with E-state index in [-0.39, 0.29) is 12.5 Å². The van der Waals surface area contributed by atoms with Crippen molar-refractivity contribution in [3.05, 3.63) is 71.9 Å². The number of rotatable bonds is 6. The summed E-state index contributed by atoms with van der Waals surface area (Å²) < 4.78 is 0. The van der Waals surface area contributed by atoms with Crippen LogP contribution in [0.3, 0.4) is 0 Å². The van der Waals surface area contributed by atoms with Crippen molar-refractivity contribution >= 4 is 34.3 Å². The molecule has 24 heavy (non-hydrogen) atoms. The number of benzene rings is 2. The largest absolute Gasteiger partial charge is 0.396 e. The van der Waals surface area contributed by atoms with Gasteiger partial charge in [-0.05, 0) is 34.5 Å². The quantitative estimate of drug-likeness (QED) is 0.673. The fraction of sp³-hybridized carbons (Fsp3) is 0.158. The van der Waals surface area contributed by atoms with Crippen molar-refractivity contribution < 1.29 is 9.90 Å². The van der Waals surface area contributed by atoms with Gasteiger partial charge in [-0.3, -0.25) is 4.79 Å². The van der Waals surface area contributed by atoms with E-state index in [9.17, 15) is 4.79 Å². The molecule has 1 amide bonds. The Morgan fingerprint density at radius 1 is 1.12 bits per heavy atom. The summed E-state index contributed by atoms with van der Waals surface area (Å²) in [5.74, 6) is 1.84. The van der Waals surface area contributed by atoms with E-state index in [4.69, 9.17) is 5.11 Å². The zero-order valence-electron chi connectivity index (χ0n) is 13.1. The highest BCUT2D eigenvalue weighted by Gasteiger charge is 2.10. The van der Waals surface area contributed by atoms with Crippen molar-refractivity contribution in [2.45, 2.75) is 5.75 Å². The summed E-state index contributed by atoms with van der Waals surface area (Å²) in [5.41, 5.74) is 1.70. The minimum absolute atomic E-state index is 0.167. The van der Waals surface area contributed by atoms with Crippen molar-refractivity contribution in [3.8, 4) is 0 Å². The van der Waals surface area contributed by atoms with Gasteiger partial charge in [0.25, 0.3) is 5.91 Å². The highest BCUT2D eigenvalue weighted by molar-refractivity contribution is 7.98. The molecule has 0 aliphatic carbocycles. The van der Waals surface area contributed by atoms with E-state index in [1.165, 1.54) is 0 Å². The molecule has 0 atom stereocenters. The fourth-order valence-corrected chi connectivity index (χ4v) is 3.18. The van der Waals surface area contributed by atoms with Crippen molar-refractivity contribution in [2.75, 3.05) is 17.7 Å². The molecule has 5 heteroatoms. The third kappa shape index (κ3) is 3.93. The molecule has 0 aliphatic heterocycles. The third-order valence-electron chi connectivity index (χ3n) is 3.60. The van der Waals surface area contributed by atoms with Crippen LogP contribution < -0.4 is 5.32 Å². The number of aliphatic hydroxyl groups is 1. The Morgan fingerprint density at radius 2 is 1.96 bits per heavy atom. The fourth-order valence-electron chi connectivity index (χ4n) is 2.49. The Morgan fingerprint density at radius 3 is 2.83 bits per heavy atom. The smallest absolute Gasteiger partial charge is 0.257 e. The van der Waals surface area contributed by atoms with Crippen LogP contribution >= 0.6 is 11.8 Å². The van der Waals surface area contributed by atoms with Crippen LogP contribution in [0.5, 0.6) is 0 Å². The summed E-state index contributed by atoms with van der Waals surface area (Å²) in [6, 6.07) is 17.3. The molecular weight excluding hydrogens is 320 g/mol. The van der Waals surface area contributed by atoms with Crippen molar-refractivity contribution in [2.24, 2.45) is 0 Å². The average Bonchev–Trinajstić information content (AvgIpc) is 2.62. The zero-order valence-corrected chi connectivity index (χ0v) is 13.9. The van der Waals surface area contributed by atoms with Gasteiger partial charge < -0.3 is 10.4 Å². The monoisotopic (exact) mass is 338 g/mol. The normalized spacial score (nSPS) is 10.7. The predicted molar refractivity (Wildman–Crippen MR) is 99.4 cm³/mol. The van der Waals surface area contributed by atoms with E-state index < -0.39 is 0 Å². The number of carbonyl (C=O) groups is 1. The molecule has 4 nitrogen and oxygen atoms in total. The van der Waals surface area contributed by atoms with Gasteiger partial charge in [0.2, 0.25) is 0 Å². The van der Waals surface area contributed by atoms with Gasteiger partial charge in [0.1, 0.15) is 5.82 Å². The lowest BCUT2D eigenvalue weighted by Crippen LogP contribution is -2.13.